The molecule has 0 saturated carbocycles. The van der Waals surface area contributed by atoms with Gasteiger partial charge in [0.1, 0.15) is 0 Å². The Morgan fingerprint density at radius 1 is 1.37 bits per heavy atom. The van der Waals surface area contributed by atoms with E-state index in [4.69, 9.17) is 11.6 Å². The van der Waals surface area contributed by atoms with E-state index in [1.165, 1.54) is 0 Å². The first-order valence-electron chi connectivity index (χ1n) is 6.73. The summed E-state index contributed by atoms with van der Waals surface area (Å²) in [6, 6.07) is 0. The van der Waals surface area contributed by atoms with E-state index in [1.54, 1.807) is 9.58 Å². The van der Waals surface area contributed by atoms with Crippen LogP contribution in [0.15, 0.2) is 0 Å². The topological polar surface area (TPSA) is 50.2 Å². The Labute approximate surface area is 119 Å². The third-order valence-electron chi connectivity index (χ3n) is 3.19. The second-order valence-electron chi connectivity index (χ2n) is 4.35. The lowest BCUT2D eigenvalue weighted by Gasteiger charge is -2.18. The first-order valence-corrected chi connectivity index (χ1v) is 7.11. The Hall–Kier alpha value is -1.07. The van der Waals surface area contributed by atoms with Crippen molar-refractivity contribution in [3.05, 3.63) is 16.4 Å². The lowest BCUT2D eigenvalue weighted by molar-refractivity contribution is -0.129. The van der Waals surface area contributed by atoms with Crippen molar-refractivity contribution >= 4 is 17.5 Å². The Morgan fingerprint density at radius 2 is 2.00 bits per heavy atom. The average molecular weight is 287 g/mol. The van der Waals surface area contributed by atoms with Gasteiger partial charge in [-0.05, 0) is 20.3 Å². The number of carbonyl (C=O) groups excluding carboxylic acids is 1. The van der Waals surface area contributed by atoms with Crippen LogP contribution in [0, 0.1) is 0 Å². The summed E-state index contributed by atoms with van der Waals surface area (Å²) in [7, 11) is 1.87. The Bertz CT molecular complexity index is 427. The van der Waals surface area contributed by atoms with Gasteiger partial charge in [-0.2, -0.15) is 5.10 Å². The molecule has 0 atom stereocenters. The lowest BCUT2D eigenvalue weighted by Crippen LogP contribution is -2.37. The van der Waals surface area contributed by atoms with E-state index in [0.717, 1.165) is 30.9 Å². The van der Waals surface area contributed by atoms with Crippen LogP contribution in [0.3, 0.4) is 0 Å². The normalized spacial score (nSPS) is 10.8. The monoisotopic (exact) mass is 286 g/mol. The van der Waals surface area contributed by atoms with Gasteiger partial charge in [-0.1, -0.05) is 18.5 Å². The van der Waals surface area contributed by atoms with Gasteiger partial charge in [-0.3, -0.25) is 9.48 Å². The molecule has 6 heteroatoms. The number of halogens is 1. The van der Waals surface area contributed by atoms with E-state index >= 15 is 0 Å². The maximum absolute atomic E-state index is 11.8. The molecule has 0 fully saturated rings. The lowest BCUT2D eigenvalue weighted by atomic mass is 10.3. The Balaban J connectivity index is 2.54. The van der Waals surface area contributed by atoms with E-state index in [0.29, 0.717) is 18.1 Å². The fraction of sp³-hybridized carbons (Fsp3) is 0.692. The van der Waals surface area contributed by atoms with Crippen molar-refractivity contribution in [1.82, 2.24) is 20.0 Å². The fourth-order valence-corrected chi connectivity index (χ4v) is 2.35. The van der Waals surface area contributed by atoms with Crippen LogP contribution >= 0.6 is 11.6 Å². The van der Waals surface area contributed by atoms with Gasteiger partial charge in [0.15, 0.2) is 0 Å². The number of nitrogens with one attached hydrogen (secondary N) is 1. The van der Waals surface area contributed by atoms with Gasteiger partial charge in [0.2, 0.25) is 5.91 Å². The fourth-order valence-electron chi connectivity index (χ4n) is 1.99. The predicted molar refractivity (Wildman–Crippen MR) is 77.2 cm³/mol. The zero-order valence-corrected chi connectivity index (χ0v) is 12.9. The van der Waals surface area contributed by atoms with Crippen LogP contribution in [0.25, 0.3) is 0 Å². The first kappa shape index (κ1) is 16.0. The van der Waals surface area contributed by atoms with Crippen LogP contribution in [-0.2, 0) is 24.8 Å². The van der Waals surface area contributed by atoms with Crippen molar-refractivity contribution in [3.8, 4) is 0 Å². The van der Waals surface area contributed by atoms with Crippen LogP contribution in [-0.4, -0.2) is 40.2 Å². The molecular weight excluding hydrogens is 264 g/mol. The number of carbonyl (C=O) groups is 1. The van der Waals surface area contributed by atoms with E-state index in [-0.39, 0.29) is 5.91 Å². The molecule has 0 unspecified atom stereocenters. The highest BCUT2D eigenvalue weighted by molar-refractivity contribution is 6.31. The number of nitrogens with zero attached hydrogens (tertiary/aromatic N) is 3. The largest absolute Gasteiger partial charge is 0.342 e. The summed E-state index contributed by atoms with van der Waals surface area (Å²) in [5.41, 5.74) is 1.82. The zero-order chi connectivity index (χ0) is 14.4. The maximum Gasteiger partial charge on any atom is 0.236 e. The Kier molecular flexibility index (Phi) is 6.31. The summed E-state index contributed by atoms with van der Waals surface area (Å²) in [5, 5.41) is 8.18. The highest BCUT2D eigenvalue weighted by atomic mass is 35.5. The highest BCUT2D eigenvalue weighted by Crippen LogP contribution is 2.20. The molecule has 1 aromatic rings. The molecule has 1 amide bonds. The molecule has 108 valence electrons. The minimum atomic E-state index is 0.110. The van der Waals surface area contributed by atoms with Gasteiger partial charge in [0.25, 0.3) is 0 Å². The van der Waals surface area contributed by atoms with E-state index < -0.39 is 0 Å². The molecular formula is C13H23ClN4O. The average Bonchev–Trinajstić information content (AvgIpc) is 2.67. The summed E-state index contributed by atoms with van der Waals surface area (Å²) in [6.45, 7) is 8.34. The molecule has 1 aromatic heterocycles. The number of aromatic nitrogens is 2. The highest BCUT2D eigenvalue weighted by Gasteiger charge is 2.14. The Morgan fingerprint density at radius 3 is 2.47 bits per heavy atom. The molecule has 0 aliphatic rings. The standard InChI is InChI=1S/C13H23ClN4O/c1-5-10-13(14)11(17(4)16-10)8-15-9-12(19)18(6-2)7-3/h15H,5-9H2,1-4H3. The summed E-state index contributed by atoms with van der Waals surface area (Å²) >= 11 is 6.24. The summed E-state index contributed by atoms with van der Waals surface area (Å²) in [5.74, 6) is 0.110. The molecule has 0 aliphatic carbocycles. The van der Waals surface area contributed by atoms with Gasteiger partial charge >= 0.3 is 0 Å². The summed E-state index contributed by atoms with van der Waals surface area (Å²) in [4.78, 5) is 13.6. The summed E-state index contributed by atoms with van der Waals surface area (Å²) < 4.78 is 1.77. The van der Waals surface area contributed by atoms with Crippen molar-refractivity contribution in [2.75, 3.05) is 19.6 Å². The van der Waals surface area contributed by atoms with Crippen LogP contribution in [0.4, 0.5) is 0 Å². The molecule has 0 spiro atoms. The third kappa shape index (κ3) is 3.94. The predicted octanol–water partition coefficient (Wildman–Crippen LogP) is 1.59. The second kappa shape index (κ2) is 7.50. The number of aryl methyl sites for hydroxylation is 2. The SMILES string of the molecule is CCc1nn(C)c(CNCC(=O)N(CC)CC)c1Cl. The van der Waals surface area contributed by atoms with Crippen molar-refractivity contribution in [3.63, 3.8) is 0 Å². The van der Waals surface area contributed by atoms with Gasteiger partial charge in [-0.25, -0.2) is 0 Å². The van der Waals surface area contributed by atoms with E-state index in [1.807, 2.05) is 27.8 Å². The minimum Gasteiger partial charge on any atom is -0.342 e. The van der Waals surface area contributed by atoms with Gasteiger partial charge in [-0.15, -0.1) is 0 Å². The molecule has 1 N–H and O–H groups in total. The van der Waals surface area contributed by atoms with Crippen LogP contribution < -0.4 is 5.32 Å². The van der Waals surface area contributed by atoms with E-state index in [9.17, 15) is 4.79 Å². The number of likely N-dealkylation sites (N-methyl/N-ethyl adjacent to an activating group) is 1. The van der Waals surface area contributed by atoms with Gasteiger partial charge in [0, 0.05) is 26.7 Å². The number of rotatable bonds is 7. The molecule has 19 heavy (non-hydrogen) atoms. The van der Waals surface area contributed by atoms with Crippen molar-refractivity contribution < 1.29 is 4.79 Å². The number of hydrogen-bond acceptors (Lipinski definition) is 3. The molecule has 0 saturated heterocycles. The second-order valence-corrected chi connectivity index (χ2v) is 4.73. The van der Waals surface area contributed by atoms with E-state index in [2.05, 4.69) is 10.4 Å². The van der Waals surface area contributed by atoms with Crippen LogP contribution in [0.5, 0.6) is 0 Å². The quantitative estimate of drug-likeness (QED) is 0.828. The summed E-state index contributed by atoms with van der Waals surface area (Å²) in [6.07, 6.45) is 0.811. The molecule has 0 aliphatic heterocycles. The third-order valence-corrected chi connectivity index (χ3v) is 3.62. The number of amides is 1. The minimum absolute atomic E-state index is 0.110. The smallest absolute Gasteiger partial charge is 0.236 e. The molecule has 5 nitrogen and oxygen atoms in total. The molecule has 0 aromatic carbocycles. The van der Waals surface area contributed by atoms with Crippen molar-refractivity contribution in [2.24, 2.45) is 7.05 Å². The first-order chi connectivity index (χ1) is 9.04. The molecule has 0 radical (unpaired) electrons. The van der Waals surface area contributed by atoms with Gasteiger partial charge < -0.3 is 10.2 Å². The zero-order valence-electron chi connectivity index (χ0n) is 12.2. The maximum atomic E-state index is 11.8. The van der Waals surface area contributed by atoms with Crippen molar-refractivity contribution in [1.29, 1.82) is 0 Å². The van der Waals surface area contributed by atoms with Crippen LogP contribution in [0.1, 0.15) is 32.2 Å². The number of hydrogen-bond donors (Lipinski definition) is 1. The molecule has 1 rings (SSSR count). The molecule has 0 bridgehead atoms. The van der Waals surface area contributed by atoms with Crippen molar-refractivity contribution in [2.45, 2.75) is 33.7 Å². The van der Waals surface area contributed by atoms with Crippen LogP contribution in [0.2, 0.25) is 5.02 Å². The molecule has 1 heterocycles. The van der Waals surface area contributed by atoms with Gasteiger partial charge in [0.05, 0.1) is 23.0 Å².